The highest BCUT2D eigenvalue weighted by Gasteiger charge is 2.44. The predicted molar refractivity (Wildman–Crippen MR) is 77.9 cm³/mol. The average Bonchev–Trinajstić information content (AvgIpc) is 2.67. The second-order valence-electron chi connectivity index (χ2n) is 7.30. The molecule has 1 aliphatic heterocycles. The highest BCUT2D eigenvalue weighted by Crippen LogP contribution is 2.54. The summed E-state index contributed by atoms with van der Waals surface area (Å²) in [7, 11) is 0. The molecule has 0 unspecified atom stereocenters. The lowest BCUT2D eigenvalue weighted by Crippen LogP contribution is -2.39. The summed E-state index contributed by atoms with van der Waals surface area (Å²) in [4.78, 5) is 2.41. The maximum absolute atomic E-state index is 13.0. The van der Waals surface area contributed by atoms with Gasteiger partial charge in [-0.3, -0.25) is 0 Å². The number of nitrogens with zero attached hydrogens (tertiary/aromatic N) is 1. The fourth-order valence-corrected chi connectivity index (χ4v) is 4.11. The van der Waals surface area contributed by atoms with E-state index < -0.39 is 0 Å². The molecule has 0 aromatic heterocycles. The van der Waals surface area contributed by atoms with Crippen LogP contribution in [0.15, 0.2) is 24.3 Å². The Hall–Kier alpha value is -1.05. The molecule has 0 atom stereocenters. The van der Waals surface area contributed by atoms with Crippen LogP contribution >= 0.6 is 0 Å². The summed E-state index contributed by atoms with van der Waals surface area (Å²) in [5.41, 5.74) is 2.31. The van der Waals surface area contributed by atoms with Gasteiger partial charge in [-0.2, -0.15) is 0 Å². The molecule has 1 spiro atoms. The van der Waals surface area contributed by atoms with Gasteiger partial charge in [0.15, 0.2) is 0 Å². The van der Waals surface area contributed by atoms with E-state index in [0.29, 0.717) is 10.8 Å². The molecule has 2 fully saturated rings. The van der Waals surface area contributed by atoms with Crippen LogP contribution in [0.25, 0.3) is 0 Å². The SMILES string of the molecule is CC1(C)CCC2(CCN(c3ccc(F)cc3)CC2)C1. The minimum Gasteiger partial charge on any atom is -0.371 e. The Labute approximate surface area is 115 Å². The van der Waals surface area contributed by atoms with E-state index in [4.69, 9.17) is 0 Å². The Kier molecular flexibility index (Phi) is 3.07. The van der Waals surface area contributed by atoms with Crippen LogP contribution in [0.2, 0.25) is 0 Å². The van der Waals surface area contributed by atoms with E-state index >= 15 is 0 Å². The fourth-order valence-electron chi connectivity index (χ4n) is 4.11. The number of piperidine rings is 1. The van der Waals surface area contributed by atoms with Crippen molar-refractivity contribution in [2.75, 3.05) is 18.0 Å². The van der Waals surface area contributed by atoms with E-state index in [2.05, 4.69) is 18.7 Å². The quantitative estimate of drug-likeness (QED) is 0.713. The molecule has 1 saturated carbocycles. The van der Waals surface area contributed by atoms with Crippen molar-refractivity contribution in [3.8, 4) is 0 Å². The molecular formula is C17H24FN. The first-order valence-corrected chi connectivity index (χ1v) is 7.49. The number of anilines is 1. The molecule has 19 heavy (non-hydrogen) atoms. The third-order valence-electron chi connectivity index (χ3n) is 5.20. The van der Waals surface area contributed by atoms with E-state index in [1.165, 1.54) is 37.8 Å². The van der Waals surface area contributed by atoms with Gasteiger partial charge in [-0.15, -0.1) is 0 Å². The minimum absolute atomic E-state index is 0.144. The maximum atomic E-state index is 13.0. The van der Waals surface area contributed by atoms with Crippen molar-refractivity contribution in [2.45, 2.75) is 46.0 Å². The number of benzene rings is 1. The highest BCUT2D eigenvalue weighted by molar-refractivity contribution is 5.46. The zero-order chi connectivity index (χ0) is 13.5. The number of halogens is 1. The van der Waals surface area contributed by atoms with Crippen LogP contribution in [0.4, 0.5) is 10.1 Å². The van der Waals surface area contributed by atoms with E-state index in [9.17, 15) is 4.39 Å². The predicted octanol–water partition coefficient (Wildman–Crippen LogP) is 4.62. The Morgan fingerprint density at radius 2 is 1.58 bits per heavy atom. The lowest BCUT2D eigenvalue weighted by atomic mass is 9.74. The van der Waals surface area contributed by atoms with Gasteiger partial charge in [0.05, 0.1) is 0 Å². The van der Waals surface area contributed by atoms with E-state index in [1.807, 2.05) is 12.1 Å². The van der Waals surface area contributed by atoms with Crippen molar-refractivity contribution >= 4 is 5.69 Å². The van der Waals surface area contributed by atoms with Gasteiger partial charge in [-0.25, -0.2) is 4.39 Å². The molecule has 1 heterocycles. The highest BCUT2D eigenvalue weighted by atomic mass is 19.1. The summed E-state index contributed by atoms with van der Waals surface area (Å²) in [6.45, 7) is 7.08. The molecule has 1 aromatic carbocycles. The van der Waals surface area contributed by atoms with Crippen molar-refractivity contribution in [2.24, 2.45) is 10.8 Å². The van der Waals surface area contributed by atoms with Gasteiger partial charge in [0.25, 0.3) is 0 Å². The smallest absolute Gasteiger partial charge is 0.123 e. The molecular weight excluding hydrogens is 237 g/mol. The molecule has 0 N–H and O–H groups in total. The summed E-state index contributed by atoms with van der Waals surface area (Å²) >= 11 is 0. The normalized spacial score (nSPS) is 24.9. The summed E-state index contributed by atoms with van der Waals surface area (Å²) < 4.78 is 13.0. The van der Waals surface area contributed by atoms with Gasteiger partial charge in [0, 0.05) is 18.8 Å². The van der Waals surface area contributed by atoms with Crippen molar-refractivity contribution < 1.29 is 4.39 Å². The van der Waals surface area contributed by atoms with Gasteiger partial charge in [0.1, 0.15) is 5.82 Å². The molecule has 1 nitrogen and oxygen atoms in total. The molecule has 2 heteroatoms. The number of rotatable bonds is 1. The zero-order valence-corrected chi connectivity index (χ0v) is 12.1. The summed E-state index contributed by atoms with van der Waals surface area (Å²) in [6, 6.07) is 6.95. The molecule has 0 bridgehead atoms. The summed E-state index contributed by atoms with van der Waals surface area (Å²) in [6.07, 6.45) is 6.76. The number of hydrogen-bond acceptors (Lipinski definition) is 1. The molecule has 1 aromatic rings. The molecule has 1 saturated heterocycles. The average molecular weight is 261 g/mol. The van der Waals surface area contributed by atoms with E-state index in [0.717, 1.165) is 13.1 Å². The Balaban J connectivity index is 1.65. The van der Waals surface area contributed by atoms with Gasteiger partial charge >= 0.3 is 0 Å². The van der Waals surface area contributed by atoms with Gasteiger partial charge in [-0.05, 0) is 67.2 Å². The van der Waals surface area contributed by atoms with Crippen LogP contribution in [-0.2, 0) is 0 Å². The van der Waals surface area contributed by atoms with Crippen LogP contribution in [0.3, 0.4) is 0 Å². The van der Waals surface area contributed by atoms with Crippen LogP contribution in [-0.4, -0.2) is 13.1 Å². The second kappa shape index (κ2) is 4.50. The second-order valence-corrected chi connectivity index (χ2v) is 7.30. The summed E-state index contributed by atoms with van der Waals surface area (Å²) in [5, 5.41) is 0. The molecule has 104 valence electrons. The van der Waals surface area contributed by atoms with Crippen molar-refractivity contribution in [1.29, 1.82) is 0 Å². The molecule has 2 aliphatic rings. The Bertz CT molecular complexity index is 441. The van der Waals surface area contributed by atoms with Crippen LogP contribution in [0.5, 0.6) is 0 Å². The molecule has 3 rings (SSSR count). The van der Waals surface area contributed by atoms with Gasteiger partial charge in [0.2, 0.25) is 0 Å². The van der Waals surface area contributed by atoms with E-state index in [1.54, 1.807) is 12.1 Å². The molecule has 1 aliphatic carbocycles. The first-order valence-electron chi connectivity index (χ1n) is 7.49. The van der Waals surface area contributed by atoms with E-state index in [-0.39, 0.29) is 5.82 Å². The lowest BCUT2D eigenvalue weighted by Gasteiger charge is -2.41. The molecule has 0 radical (unpaired) electrons. The van der Waals surface area contributed by atoms with Crippen LogP contribution < -0.4 is 4.90 Å². The topological polar surface area (TPSA) is 3.24 Å². The maximum Gasteiger partial charge on any atom is 0.123 e. The van der Waals surface area contributed by atoms with Gasteiger partial charge < -0.3 is 4.90 Å². The Morgan fingerprint density at radius 1 is 0.947 bits per heavy atom. The monoisotopic (exact) mass is 261 g/mol. The summed E-state index contributed by atoms with van der Waals surface area (Å²) in [5.74, 6) is -0.144. The van der Waals surface area contributed by atoms with Crippen molar-refractivity contribution in [3.63, 3.8) is 0 Å². The van der Waals surface area contributed by atoms with Crippen LogP contribution in [0, 0.1) is 16.6 Å². The minimum atomic E-state index is -0.144. The zero-order valence-electron chi connectivity index (χ0n) is 12.1. The van der Waals surface area contributed by atoms with Crippen LogP contribution in [0.1, 0.15) is 46.0 Å². The third-order valence-corrected chi connectivity index (χ3v) is 5.20. The van der Waals surface area contributed by atoms with Crippen molar-refractivity contribution in [3.05, 3.63) is 30.1 Å². The molecule has 0 amide bonds. The standard InChI is InChI=1S/C17H24FN/c1-16(2)7-8-17(13-16)9-11-19(12-10-17)15-5-3-14(18)4-6-15/h3-6H,7-13H2,1-2H3. The Morgan fingerprint density at radius 3 is 2.11 bits per heavy atom. The van der Waals surface area contributed by atoms with Crippen molar-refractivity contribution in [1.82, 2.24) is 0 Å². The first-order chi connectivity index (χ1) is 8.98. The van der Waals surface area contributed by atoms with Gasteiger partial charge in [-0.1, -0.05) is 13.8 Å². The first kappa shape index (κ1) is 13.0. The largest absolute Gasteiger partial charge is 0.371 e. The third kappa shape index (κ3) is 2.63. The fraction of sp³-hybridized carbons (Fsp3) is 0.647. The number of hydrogen-bond donors (Lipinski definition) is 0. The lowest BCUT2D eigenvalue weighted by molar-refractivity contribution is 0.199.